The highest BCUT2D eigenvalue weighted by Gasteiger charge is 2.38. The van der Waals surface area contributed by atoms with Gasteiger partial charge in [-0.15, -0.1) is 11.3 Å². The molecule has 0 unspecified atom stereocenters. The number of nitrogens with one attached hydrogen (secondary N) is 3. The number of rotatable bonds is 3. The van der Waals surface area contributed by atoms with Crippen LogP contribution in [-0.4, -0.2) is 41.9 Å². The fourth-order valence-electron chi connectivity index (χ4n) is 2.21. The summed E-state index contributed by atoms with van der Waals surface area (Å²) < 4.78 is 36.9. The fraction of sp³-hybridized carbons (Fsp3) is 0.312. The zero-order chi connectivity index (χ0) is 21.6. The maximum Gasteiger partial charge on any atom is 0.490 e. The molecule has 0 atom stereocenters. The predicted octanol–water partition coefficient (Wildman–Crippen LogP) is 3.73. The van der Waals surface area contributed by atoms with Crippen molar-refractivity contribution in [3.05, 3.63) is 33.8 Å². The fourth-order valence-corrected chi connectivity index (χ4v) is 3.35. The first-order valence-electron chi connectivity index (χ1n) is 8.01. The minimum Gasteiger partial charge on any atom is -0.495 e. The van der Waals surface area contributed by atoms with Crippen LogP contribution in [0.5, 0.6) is 5.75 Å². The monoisotopic (exact) mass is 452 g/mol. The topological polar surface area (TPSA) is 113 Å². The van der Waals surface area contributed by atoms with Crippen LogP contribution >= 0.6 is 22.9 Å². The van der Waals surface area contributed by atoms with E-state index in [1.54, 1.807) is 18.2 Å². The molecule has 0 saturated carbocycles. The molecular formula is C16H16ClF3N4O4S. The summed E-state index contributed by atoms with van der Waals surface area (Å²) in [6.07, 6.45) is -4.20. The summed E-state index contributed by atoms with van der Waals surface area (Å²) in [5.41, 5.74) is 1.56. The minimum atomic E-state index is -5.08. The Labute approximate surface area is 172 Å². The summed E-state index contributed by atoms with van der Waals surface area (Å²) in [7, 11) is 1.54. The van der Waals surface area contributed by atoms with Crippen LogP contribution in [0.15, 0.2) is 18.2 Å². The zero-order valence-electron chi connectivity index (χ0n) is 14.9. The number of carbonyl (C=O) groups is 2. The number of nitrogens with zero attached hydrogens (tertiary/aromatic N) is 1. The van der Waals surface area contributed by atoms with Crippen LogP contribution in [-0.2, 0) is 17.8 Å². The van der Waals surface area contributed by atoms with E-state index < -0.39 is 12.1 Å². The van der Waals surface area contributed by atoms with E-state index in [-0.39, 0.29) is 6.03 Å². The average Bonchev–Trinajstić information content (AvgIpc) is 3.03. The third-order valence-electron chi connectivity index (χ3n) is 3.48. The number of halogens is 4. The molecule has 8 nitrogen and oxygen atoms in total. The van der Waals surface area contributed by atoms with E-state index in [2.05, 4.69) is 20.9 Å². The third kappa shape index (κ3) is 6.76. The molecule has 29 heavy (non-hydrogen) atoms. The van der Waals surface area contributed by atoms with E-state index >= 15 is 0 Å². The molecule has 0 aliphatic carbocycles. The number of alkyl halides is 3. The van der Waals surface area contributed by atoms with Crippen molar-refractivity contribution < 1.29 is 32.6 Å². The number of thiazole rings is 1. The van der Waals surface area contributed by atoms with Crippen molar-refractivity contribution in [2.24, 2.45) is 0 Å². The summed E-state index contributed by atoms with van der Waals surface area (Å²) in [6.45, 7) is 1.72. The molecule has 1 aliphatic heterocycles. The van der Waals surface area contributed by atoms with Gasteiger partial charge in [-0.2, -0.15) is 13.2 Å². The van der Waals surface area contributed by atoms with Crippen LogP contribution in [0.3, 0.4) is 0 Å². The second-order valence-electron chi connectivity index (χ2n) is 5.54. The van der Waals surface area contributed by atoms with Gasteiger partial charge >= 0.3 is 18.2 Å². The van der Waals surface area contributed by atoms with Crippen molar-refractivity contribution in [3.63, 3.8) is 0 Å². The van der Waals surface area contributed by atoms with Crippen molar-refractivity contribution in [2.45, 2.75) is 19.1 Å². The maximum absolute atomic E-state index is 12.1. The highest BCUT2D eigenvalue weighted by Crippen LogP contribution is 2.29. The lowest BCUT2D eigenvalue weighted by atomic mass is 10.2. The number of amides is 2. The molecule has 0 bridgehead atoms. The molecule has 1 aromatic heterocycles. The number of anilines is 2. The quantitative estimate of drug-likeness (QED) is 0.564. The number of hydrogen-bond donors (Lipinski definition) is 4. The first kappa shape index (κ1) is 22.7. The molecule has 158 valence electrons. The molecule has 0 saturated heterocycles. The second kappa shape index (κ2) is 9.76. The van der Waals surface area contributed by atoms with E-state index in [1.807, 2.05) is 0 Å². The van der Waals surface area contributed by atoms with Crippen molar-refractivity contribution in [1.82, 2.24) is 10.3 Å². The number of ether oxygens (including phenoxy) is 1. The molecule has 0 fully saturated rings. The van der Waals surface area contributed by atoms with Crippen LogP contribution in [0.1, 0.15) is 10.6 Å². The van der Waals surface area contributed by atoms with Gasteiger partial charge in [-0.1, -0.05) is 11.6 Å². The standard InChI is InChI=1S/C14H15ClN4O2S.C2HF3O2/c1-21-11-3-2-8(15)6-10(11)17-13(20)19-14-18-9-4-5-16-7-12(9)22-14;3-2(4,5)1(6)7/h2-3,6,16H,4-5,7H2,1H3,(H2,17,18,19,20);(H,6,7). The van der Waals surface area contributed by atoms with Crippen LogP contribution in [0.2, 0.25) is 5.02 Å². The summed E-state index contributed by atoms with van der Waals surface area (Å²) in [4.78, 5) is 26.6. The SMILES string of the molecule is COc1ccc(Cl)cc1NC(=O)Nc1nc2c(s1)CNCC2.O=C(O)C(F)(F)F. The number of carbonyl (C=O) groups excluding carboxylic acids is 1. The number of fused-ring (bicyclic) bond motifs is 1. The summed E-state index contributed by atoms with van der Waals surface area (Å²) in [5, 5.41) is 17.0. The van der Waals surface area contributed by atoms with Gasteiger partial charge < -0.3 is 20.5 Å². The van der Waals surface area contributed by atoms with Gasteiger partial charge in [0.15, 0.2) is 5.13 Å². The lowest BCUT2D eigenvalue weighted by Crippen LogP contribution is -2.22. The minimum absolute atomic E-state index is 0.375. The van der Waals surface area contributed by atoms with Gasteiger partial charge in [0.1, 0.15) is 5.75 Å². The molecule has 13 heteroatoms. The summed E-state index contributed by atoms with van der Waals surface area (Å²) >= 11 is 7.43. The van der Waals surface area contributed by atoms with Gasteiger partial charge in [-0.05, 0) is 18.2 Å². The van der Waals surface area contributed by atoms with Gasteiger partial charge in [0.2, 0.25) is 0 Å². The Hall–Kier alpha value is -2.57. The maximum atomic E-state index is 12.1. The van der Waals surface area contributed by atoms with E-state index in [9.17, 15) is 18.0 Å². The van der Waals surface area contributed by atoms with E-state index in [4.69, 9.17) is 26.2 Å². The highest BCUT2D eigenvalue weighted by molar-refractivity contribution is 7.15. The molecule has 4 N–H and O–H groups in total. The van der Waals surface area contributed by atoms with Gasteiger partial charge in [-0.25, -0.2) is 14.6 Å². The van der Waals surface area contributed by atoms with E-state index in [0.29, 0.717) is 21.6 Å². The number of aromatic nitrogens is 1. The normalized spacial score (nSPS) is 12.9. The number of benzene rings is 1. The van der Waals surface area contributed by atoms with Gasteiger partial charge in [0.25, 0.3) is 0 Å². The van der Waals surface area contributed by atoms with Gasteiger partial charge in [0, 0.05) is 29.4 Å². The van der Waals surface area contributed by atoms with Crippen molar-refractivity contribution in [2.75, 3.05) is 24.3 Å². The highest BCUT2D eigenvalue weighted by atomic mass is 35.5. The molecule has 1 aromatic carbocycles. The number of carboxylic acid groups (broad SMARTS) is 1. The number of methoxy groups -OCH3 is 1. The Morgan fingerprint density at radius 2 is 2.03 bits per heavy atom. The number of urea groups is 1. The Kier molecular flexibility index (Phi) is 7.65. The first-order chi connectivity index (χ1) is 13.6. The van der Waals surface area contributed by atoms with Crippen molar-refractivity contribution >= 4 is 45.8 Å². The van der Waals surface area contributed by atoms with Crippen LogP contribution in [0, 0.1) is 0 Å². The van der Waals surface area contributed by atoms with Crippen LogP contribution in [0.25, 0.3) is 0 Å². The number of aliphatic carboxylic acids is 1. The Morgan fingerprint density at radius 1 is 1.34 bits per heavy atom. The average molecular weight is 453 g/mol. The summed E-state index contributed by atoms with van der Waals surface area (Å²) in [6, 6.07) is 4.66. The Balaban J connectivity index is 0.000000370. The summed E-state index contributed by atoms with van der Waals surface area (Å²) in [5.74, 6) is -2.21. The van der Waals surface area contributed by atoms with Gasteiger partial charge in [-0.3, -0.25) is 5.32 Å². The molecule has 2 heterocycles. The van der Waals surface area contributed by atoms with Crippen molar-refractivity contribution in [3.8, 4) is 5.75 Å². The van der Waals surface area contributed by atoms with Crippen LogP contribution in [0.4, 0.5) is 28.8 Å². The number of hydrogen-bond acceptors (Lipinski definition) is 6. The third-order valence-corrected chi connectivity index (χ3v) is 4.72. The lowest BCUT2D eigenvalue weighted by Gasteiger charge is -2.10. The first-order valence-corrected chi connectivity index (χ1v) is 9.20. The molecule has 1 aliphatic rings. The smallest absolute Gasteiger partial charge is 0.490 e. The van der Waals surface area contributed by atoms with E-state index in [1.165, 1.54) is 23.3 Å². The molecule has 0 spiro atoms. The van der Waals surface area contributed by atoms with Crippen LogP contribution < -0.4 is 20.7 Å². The molecule has 0 radical (unpaired) electrons. The molecular weight excluding hydrogens is 437 g/mol. The molecule has 3 rings (SSSR count). The second-order valence-corrected chi connectivity index (χ2v) is 7.06. The zero-order valence-corrected chi connectivity index (χ0v) is 16.5. The lowest BCUT2D eigenvalue weighted by molar-refractivity contribution is -0.192. The van der Waals surface area contributed by atoms with E-state index in [0.717, 1.165) is 25.2 Å². The largest absolute Gasteiger partial charge is 0.495 e. The number of carboxylic acids is 1. The Morgan fingerprint density at radius 3 is 2.62 bits per heavy atom. The van der Waals surface area contributed by atoms with Gasteiger partial charge in [0.05, 0.1) is 18.5 Å². The Bertz CT molecular complexity index is 868. The van der Waals surface area contributed by atoms with Crippen molar-refractivity contribution in [1.29, 1.82) is 0 Å². The predicted molar refractivity (Wildman–Crippen MR) is 102 cm³/mol. The molecule has 2 amide bonds. The molecule has 2 aromatic rings.